The number of aromatic amines is 1. The topological polar surface area (TPSA) is 101 Å². The molecule has 1 amide bonds. The van der Waals surface area contributed by atoms with Crippen LogP contribution in [-0.2, 0) is 7.05 Å². The van der Waals surface area contributed by atoms with E-state index >= 15 is 0 Å². The van der Waals surface area contributed by atoms with Gasteiger partial charge in [-0.05, 0) is 42.6 Å². The lowest BCUT2D eigenvalue weighted by Crippen LogP contribution is -2.32. The van der Waals surface area contributed by atoms with Gasteiger partial charge in [-0.25, -0.2) is 9.50 Å². The Morgan fingerprint density at radius 3 is 2.74 bits per heavy atom. The van der Waals surface area contributed by atoms with Crippen molar-refractivity contribution in [3.63, 3.8) is 0 Å². The van der Waals surface area contributed by atoms with Crippen molar-refractivity contribution < 1.29 is 9.48 Å². The molecule has 0 fully saturated rings. The summed E-state index contributed by atoms with van der Waals surface area (Å²) in [6.07, 6.45) is 8.52. The minimum atomic E-state index is -0.511. The van der Waals surface area contributed by atoms with Crippen LogP contribution in [0.15, 0.2) is 96.4 Å². The average molecular weight is 515 g/mol. The smallest absolute Gasteiger partial charge is 0.264 e. The number of H-pyrrole nitrogens is 1. The van der Waals surface area contributed by atoms with Crippen molar-refractivity contribution in [2.24, 2.45) is 7.05 Å². The van der Waals surface area contributed by atoms with Crippen molar-refractivity contribution in [1.29, 1.82) is 0 Å². The lowest BCUT2D eigenvalue weighted by molar-refractivity contribution is -0.726. The lowest BCUT2D eigenvalue weighted by Gasteiger charge is -2.21. The van der Waals surface area contributed by atoms with Crippen molar-refractivity contribution in [3.05, 3.63) is 124 Å². The molecule has 4 heterocycles. The normalized spacial score (nSPS) is 11.7. The first-order valence-corrected chi connectivity index (χ1v) is 12.4. The number of benzene rings is 2. The largest absolute Gasteiger partial charge is 0.344 e. The Bertz CT molecular complexity index is 1970. The fraction of sp³-hybridized carbons (Fsp3) is 0.100. The summed E-state index contributed by atoms with van der Waals surface area (Å²) in [6, 6.07) is 18.2. The minimum Gasteiger partial charge on any atom is -0.344 e. The third kappa shape index (κ3) is 4.45. The average Bonchev–Trinajstić information content (AvgIpc) is 3.58. The van der Waals surface area contributed by atoms with Crippen molar-refractivity contribution in [1.82, 2.24) is 29.6 Å². The Labute approximate surface area is 223 Å². The second-order valence-electron chi connectivity index (χ2n) is 9.18. The molecule has 0 radical (unpaired) electrons. The van der Waals surface area contributed by atoms with Gasteiger partial charge in [0.25, 0.3) is 11.5 Å². The number of hydrogen-bond acceptors (Lipinski definition) is 4. The molecule has 0 saturated heterocycles. The second-order valence-corrected chi connectivity index (χ2v) is 9.18. The summed E-state index contributed by atoms with van der Waals surface area (Å²) in [5, 5.41) is 11.5. The highest BCUT2D eigenvalue weighted by Crippen LogP contribution is 2.23. The number of aromatic nitrogens is 6. The van der Waals surface area contributed by atoms with Gasteiger partial charge in [-0.2, -0.15) is 10.2 Å². The molecule has 0 aliphatic carbocycles. The molecule has 6 aromatic rings. The van der Waals surface area contributed by atoms with E-state index in [1.54, 1.807) is 32.2 Å². The molecule has 2 aromatic carbocycles. The van der Waals surface area contributed by atoms with Crippen molar-refractivity contribution >= 4 is 22.3 Å². The number of carbonyl (C=O) groups excluding carboxylic acids is 1. The Kier molecular flexibility index (Phi) is 5.98. The van der Waals surface area contributed by atoms with Gasteiger partial charge in [0.15, 0.2) is 12.7 Å². The first-order chi connectivity index (χ1) is 19.0. The van der Waals surface area contributed by atoms with E-state index in [2.05, 4.69) is 32.3 Å². The predicted molar refractivity (Wildman–Crippen MR) is 146 cm³/mol. The predicted octanol–water partition coefficient (Wildman–Crippen LogP) is 3.08. The summed E-state index contributed by atoms with van der Waals surface area (Å²) in [6.45, 7) is 1.85. The van der Waals surface area contributed by atoms with Gasteiger partial charge in [-0.15, -0.1) is 4.68 Å². The van der Waals surface area contributed by atoms with Crippen LogP contribution in [0.3, 0.4) is 0 Å². The molecule has 190 valence electrons. The molecule has 0 bridgehead atoms. The molecule has 0 aliphatic heterocycles. The number of rotatable bonds is 4. The number of nitrogens with zero attached hydrogens (tertiary/aromatic N) is 5. The first kappa shape index (κ1) is 23.9. The van der Waals surface area contributed by atoms with E-state index in [1.165, 1.54) is 6.20 Å². The molecule has 0 aliphatic rings. The van der Waals surface area contributed by atoms with E-state index in [1.807, 2.05) is 81.0 Å². The van der Waals surface area contributed by atoms with Crippen LogP contribution in [0.5, 0.6) is 0 Å². The molecular formula is C30H24N7O2+. The maximum Gasteiger partial charge on any atom is 0.264 e. The van der Waals surface area contributed by atoms with Crippen molar-refractivity contribution in [2.45, 2.75) is 13.0 Å². The van der Waals surface area contributed by atoms with Gasteiger partial charge in [-0.3, -0.25) is 14.2 Å². The van der Waals surface area contributed by atoms with Crippen molar-refractivity contribution in [3.8, 4) is 17.5 Å². The highest BCUT2D eigenvalue weighted by molar-refractivity contribution is 5.99. The summed E-state index contributed by atoms with van der Waals surface area (Å²) < 4.78 is 5.00. The maximum atomic E-state index is 14.1. The van der Waals surface area contributed by atoms with Crippen LogP contribution in [0.2, 0.25) is 0 Å². The third-order valence-electron chi connectivity index (χ3n) is 6.50. The second kappa shape index (κ2) is 9.76. The lowest BCUT2D eigenvalue weighted by atomic mass is 10.0. The molecule has 9 heteroatoms. The van der Waals surface area contributed by atoms with Crippen molar-refractivity contribution in [2.75, 3.05) is 0 Å². The Hall–Kier alpha value is -5.49. The summed E-state index contributed by atoms with van der Waals surface area (Å²) in [4.78, 5) is 31.7. The minimum absolute atomic E-state index is 0.211. The van der Waals surface area contributed by atoms with E-state index in [9.17, 15) is 9.59 Å². The number of amides is 1. The molecule has 0 spiro atoms. The highest BCUT2D eigenvalue weighted by atomic mass is 16.2. The highest BCUT2D eigenvalue weighted by Gasteiger charge is 2.21. The van der Waals surface area contributed by atoms with Gasteiger partial charge in [0.1, 0.15) is 11.1 Å². The van der Waals surface area contributed by atoms with Gasteiger partial charge >= 0.3 is 0 Å². The fourth-order valence-electron chi connectivity index (χ4n) is 4.65. The van der Waals surface area contributed by atoms with Gasteiger partial charge < -0.3 is 5.32 Å². The maximum absolute atomic E-state index is 14.1. The fourth-order valence-corrected chi connectivity index (χ4v) is 4.65. The van der Waals surface area contributed by atoms with Gasteiger partial charge in [-0.1, -0.05) is 42.2 Å². The summed E-state index contributed by atoms with van der Waals surface area (Å²) in [7, 11) is 1.88. The quantitative estimate of drug-likeness (QED) is 0.279. The number of pyridine rings is 1. The Morgan fingerprint density at radius 1 is 1.10 bits per heavy atom. The number of carbonyl (C=O) groups is 1. The molecule has 9 nitrogen and oxygen atoms in total. The van der Waals surface area contributed by atoms with E-state index in [-0.39, 0.29) is 11.5 Å². The van der Waals surface area contributed by atoms with E-state index in [4.69, 9.17) is 0 Å². The number of fused-ring (bicyclic) bond motifs is 2. The molecule has 6 rings (SSSR count). The molecule has 0 saturated carbocycles. The standard InChI is InChI=1S/C30H23N7O2/c1-20(34-29(38)25-18-33-36-15-7-14-31-28(25)36)26-16-23-9-6-8-22(13-12-21-17-32-35(2)19-21)27(23)30(39)37(26)24-10-4-3-5-11-24/h3-11,14-20H,1-2H3,(H,34,38)/p+1/t20-/m0/s1. The zero-order chi connectivity index (χ0) is 26.9. The zero-order valence-corrected chi connectivity index (χ0v) is 21.3. The van der Waals surface area contributed by atoms with Crippen LogP contribution in [0, 0.1) is 11.8 Å². The molecule has 4 aromatic heterocycles. The summed E-state index contributed by atoms with van der Waals surface area (Å²) >= 11 is 0. The van der Waals surface area contributed by atoms with Gasteiger partial charge in [0.2, 0.25) is 6.20 Å². The Morgan fingerprint density at radius 2 is 1.95 bits per heavy atom. The van der Waals surface area contributed by atoms with Crippen LogP contribution < -0.4 is 15.6 Å². The van der Waals surface area contributed by atoms with E-state index in [0.29, 0.717) is 33.5 Å². The molecule has 2 N–H and O–H groups in total. The number of aryl methyl sites for hydroxylation is 1. The first-order valence-electron chi connectivity index (χ1n) is 12.4. The van der Waals surface area contributed by atoms with E-state index in [0.717, 1.165) is 10.9 Å². The monoisotopic (exact) mass is 514 g/mol. The number of para-hydroxylation sites is 1. The van der Waals surface area contributed by atoms with E-state index < -0.39 is 6.04 Å². The number of hydrogen-bond donors (Lipinski definition) is 2. The van der Waals surface area contributed by atoms with Gasteiger partial charge in [0, 0.05) is 29.3 Å². The summed E-state index contributed by atoms with van der Waals surface area (Å²) in [5.74, 6) is 5.97. The molecule has 0 unspecified atom stereocenters. The zero-order valence-electron chi connectivity index (χ0n) is 21.3. The Balaban J connectivity index is 1.47. The summed E-state index contributed by atoms with van der Waals surface area (Å²) in [5.41, 5.74) is 3.38. The molecule has 1 atom stereocenters. The van der Waals surface area contributed by atoms with Crippen LogP contribution in [0.25, 0.3) is 22.1 Å². The van der Waals surface area contributed by atoms with Crippen LogP contribution in [-0.4, -0.2) is 30.2 Å². The molecular weight excluding hydrogens is 490 g/mol. The van der Waals surface area contributed by atoms with Crippen LogP contribution >= 0.6 is 0 Å². The SMILES string of the molecule is C[C@H](NC(=O)c1cnn2cccnc12)c1cc2cccc(C#Cc3c[nH][n+](C)c3)c2c(=O)n1-c1ccccc1. The van der Waals surface area contributed by atoms with Crippen LogP contribution in [0.1, 0.15) is 40.1 Å². The number of nitrogens with one attached hydrogen (secondary N) is 2. The van der Waals surface area contributed by atoms with Gasteiger partial charge in [0.05, 0.1) is 23.8 Å². The molecule has 39 heavy (non-hydrogen) atoms. The third-order valence-corrected chi connectivity index (χ3v) is 6.50. The van der Waals surface area contributed by atoms with Crippen LogP contribution in [0.4, 0.5) is 0 Å².